The average molecular weight is 392 g/mol. The summed E-state index contributed by atoms with van der Waals surface area (Å²) in [5.41, 5.74) is 2.56. The van der Waals surface area contributed by atoms with Gasteiger partial charge >= 0.3 is 0 Å². The van der Waals surface area contributed by atoms with Crippen LogP contribution in [0.1, 0.15) is 24.2 Å². The molecular weight excluding hydrogens is 372 g/mol. The molecule has 0 spiro atoms. The SMILES string of the molecule is CC(C)Cn1ccc2cc(NC(=O)c3ccc4c(=O)[nH]c(=S)[nH]c4c3)ccc21. The van der Waals surface area contributed by atoms with Crippen molar-refractivity contribution in [3.05, 3.63) is 69.3 Å². The van der Waals surface area contributed by atoms with Crippen molar-refractivity contribution < 1.29 is 4.79 Å². The van der Waals surface area contributed by atoms with Gasteiger partial charge in [-0.05, 0) is 60.6 Å². The third-order valence-corrected chi connectivity index (χ3v) is 4.80. The zero-order chi connectivity index (χ0) is 19.8. The minimum absolute atomic E-state index is 0.228. The van der Waals surface area contributed by atoms with E-state index in [-0.39, 0.29) is 16.2 Å². The molecule has 0 aliphatic heterocycles. The smallest absolute Gasteiger partial charge is 0.259 e. The topological polar surface area (TPSA) is 82.7 Å². The summed E-state index contributed by atoms with van der Waals surface area (Å²) in [7, 11) is 0. The molecule has 3 N–H and O–H groups in total. The van der Waals surface area contributed by atoms with E-state index in [0.717, 1.165) is 23.1 Å². The van der Waals surface area contributed by atoms with Crippen molar-refractivity contribution in [2.24, 2.45) is 5.92 Å². The lowest BCUT2D eigenvalue weighted by Crippen LogP contribution is -2.13. The largest absolute Gasteiger partial charge is 0.347 e. The molecule has 0 radical (unpaired) electrons. The number of H-pyrrole nitrogens is 2. The molecule has 142 valence electrons. The Hall–Kier alpha value is -3.19. The second-order valence-corrected chi connectivity index (χ2v) is 7.67. The summed E-state index contributed by atoms with van der Waals surface area (Å²) in [5.74, 6) is 0.310. The zero-order valence-electron chi connectivity index (χ0n) is 15.6. The van der Waals surface area contributed by atoms with E-state index in [1.807, 2.05) is 18.2 Å². The van der Waals surface area contributed by atoms with Gasteiger partial charge in [-0.25, -0.2) is 0 Å². The van der Waals surface area contributed by atoms with Crippen LogP contribution in [0.15, 0.2) is 53.5 Å². The van der Waals surface area contributed by atoms with E-state index in [1.165, 1.54) is 0 Å². The number of carbonyl (C=O) groups is 1. The maximum Gasteiger partial charge on any atom is 0.259 e. The fourth-order valence-corrected chi connectivity index (χ4v) is 3.55. The second-order valence-electron chi connectivity index (χ2n) is 7.26. The minimum atomic E-state index is -0.276. The number of fused-ring (bicyclic) bond motifs is 2. The molecule has 0 aliphatic carbocycles. The van der Waals surface area contributed by atoms with E-state index in [0.29, 0.717) is 22.4 Å². The molecule has 2 aromatic carbocycles. The van der Waals surface area contributed by atoms with E-state index in [2.05, 4.69) is 46.0 Å². The van der Waals surface area contributed by atoms with Crippen molar-refractivity contribution in [1.82, 2.24) is 14.5 Å². The summed E-state index contributed by atoms with van der Waals surface area (Å²) in [4.78, 5) is 30.0. The van der Waals surface area contributed by atoms with Crippen molar-refractivity contribution >= 4 is 45.6 Å². The molecule has 0 fully saturated rings. The Labute approximate surface area is 166 Å². The number of anilines is 1. The Morgan fingerprint density at radius 3 is 2.75 bits per heavy atom. The van der Waals surface area contributed by atoms with Crippen molar-refractivity contribution in [3.63, 3.8) is 0 Å². The van der Waals surface area contributed by atoms with E-state index in [4.69, 9.17) is 12.2 Å². The van der Waals surface area contributed by atoms with Crippen LogP contribution in [0, 0.1) is 10.7 Å². The van der Waals surface area contributed by atoms with Crippen LogP contribution in [0.3, 0.4) is 0 Å². The molecular formula is C21H20N4O2S. The van der Waals surface area contributed by atoms with Crippen LogP contribution in [0.25, 0.3) is 21.8 Å². The molecule has 0 aliphatic rings. The first kappa shape index (κ1) is 18.2. The van der Waals surface area contributed by atoms with Crippen LogP contribution < -0.4 is 10.9 Å². The predicted molar refractivity (Wildman–Crippen MR) is 114 cm³/mol. The number of aromatic nitrogens is 3. The highest BCUT2D eigenvalue weighted by atomic mass is 32.1. The third-order valence-electron chi connectivity index (χ3n) is 4.59. The van der Waals surface area contributed by atoms with Gasteiger partial charge in [-0.2, -0.15) is 0 Å². The Bertz CT molecular complexity index is 1310. The van der Waals surface area contributed by atoms with E-state index in [1.54, 1.807) is 18.2 Å². The van der Waals surface area contributed by atoms with Crippen LogP contribution in [0.5, 0.6) is 0 Å². The number of aromatic amines is 2. The highest BCUT2D eigenvalue weighted by Crippen LogP contribution is 2.22. The summed E-state index contributed by atoms with van der Waals surface area (Å²) in [6.45, 7) is 5.32. The van der Waals surface area contributed by atoms with E-state index >= 15 is 0 Å². The Kier molecular flexibility index (Phi) is 4.60. The van der Waals surface area contributed by atoms with Gasteiger partial charge in [-0.3, -0.25) is 14.6 Å². The lowest BCUT2D eigenvalue weighted by atomic mass is 10.1. The van der Waals surface area contributed by atoms with E-state index < -0.39 is 0 Å². The average Bonchev–Trinajstić information content (AvgIpc) is 3.02. The number of nitrogens with zero attached hydrogens (tertiary/aromatic N) is 1. The van der Waals surface area contributed by atoms with Crippen LogP contribution in [-0.4, -0.2) is 20.4 Å². The number of hydrogen-bond acceptors (Lipinski definition) is 3. The summed E-state index contributed by atoms with van der Waals surface area (Å²) < 4.78 is 2.45. The maximum atomic E-state index is 12.7. The monoisotopic (exact) mass is 392 g/mol. The molecule has 0 bridgehead atoms. The lowest BCUT2D eigenvalue weighted by Gasteiger charge is -2.10. The molecule has 2 aromatic heterocycles. The first-order valence-corrected chi connectivity index (χ1v) is 9.48. The number of hydrogen-bond donors (Lipinski definition) is 3. The van der Waals surface area contributed by atoms with Crippen molar-refractivity contribution in [1.29, 1.82) is 0 Å². The van der Waals surface area contributed by atoms with Crippen LogP contribution in [-0.2, 0) is 6.54 Å². The van der Waals surface area contributed by atoms with Gasteiger partial charge in [-0.1, -0.05) is 13.8 Å². The summed E-state index contributed by atoms with van der Waals surface area (Å²) >= 11 is 5.00. The zero-order valence-corrected chi connectivity index (χ0v) is 16.4. The summed E-state index contributed by atoms with van der Waals surface area (Å²) in [6.07, 6.45) is 2.07. The molecule has 2 heterocycles. The molecule has 7 heteroatoms. The number of benzene rings is 2. The fourth-order valence-electron chi connectivity index (χ4n) is 3.34. The van der Waals surface area contributed by atoms with Crippen molar-refractivity contribution in [2.75, 3.05) is 5.32 Å². The van der Waals surface area contributed by atoms with Crippen LogP contribution in [0.4, 0.5) is 5.69 Å². The van der Waals surface area contributed by atoms with Crippen molar-refractivity contribution in [3.8, 4) is 0 Å². The number of nitrogens with one attached hydrogen (secondary N) is 3. The normalized spacial score (nSPS) is 11.4. The minimum Gasteiger partial charge on any atom is -0.347 e. The van der Waals surface area contributed by atoms with Gasteiger partial charge in [0.2, 0.25) is 0 Å². The molecule has 0 saturated carbocycles. The molecule has 1 amide bonds. The van der Waals surface area contributed by atoms with Gasteiger partial charge in [0.05, 0.1) is 10.9 Å². The van der Waals surface area contributed by atoms with Crippen LogP contribution >= 0.6 is 12.2 Å². The predicted octanol–water partition coefficient (Wildman–Crippen LogP) is 4.45. The molecule has 6 nitrogen and oxygen atoms in total. The fraction of sp³-hybridized carbons (Fsp3) is 0.190. The van der Waals surface area contributed by atoms with Gasteiger partial charge in [-0.15, -0.1) is 0 Å². The van der Waals surface area contributed by atoms with Crippen molar-refractivity contribution in [2.45, 2.75) is 20.4 Å². The van der Waals surface area contributed by atoms with Gasteiger partial charge < -0.3 is 14.9 Å². The van der Waals surface area contributed by atoms with E-state index in [9.17, 15) is 9.59 Å². The third kappa shape index (κ3) is 3.48. The molecule has 4 rings (SSSR count). The van der Waals surface area contributed by atoms with Gasteiger partial charge in [0.15, 0.2) is 4.77 Å². The highest BCUT2D eigenvalue weighted by molar-refractivity contribution is 7.71. The summed E-state index contributed by atoms with van der Waals surface area (Å²) in [5, 5.41) is 4.45. The number of rotatable bonds is 4. The standard InChI is InChI=1S/C21H20N4O2S/c1-12(2)11-25-8-7-13-9-15(4-6-18(13)25)22-19(26)14-3-5-16-17(10-14)23-21(28)24-20(16)27/h3-10,12H,11H2,1-2H3,(H,22,26)(H2,23,24,27,28). The number of carbonyl (C=O) groups excluding carboxylic acids is 1. The Balaban J connectivity index is 1.62. The molecule has 0 atom stereocenters. The second kappa shape index (κ2) is 7.09. The first-order chi connectivity index (χ1) is 13.4. The molecule has 0 saturated heterocycles. The van der Waals surface area contributed by atoms with Gasteiger partial charge in [0.25, 0.3) is 11.5 Å². The van der Waals surface area contributed by atoms with Crippen LogP contribution in [0.2, 0.25) is 0 Å². The Morgan fingerprint density at radius 2 is 1.96 bits per heavy atom. The quantitative estimate of drug-likeness (QED) is 0.449. The lowest BCUT2D eigenvalue weighted by molar-refractivity contribution is 0.102. The molecule has 0 unspecified atom stereocenters. The highest BCUT2D eigenvalue weighted by Gasteiger charge is 2.10. The Morgan fingerprint density at radius 1 is 1.14 bits per heavy atom. The first-order valence-electron chi connectivity index (χ1n) is 9.07. The molecule has 4 aromatic rings. The molecule has 28 heavy (non-hydrogen) atoms. The number of amides is 1. The van der Waals surface area contributed by atoms with Gasteiger partial charge in [0, 0.05) is 34.9 Å². The summed E-state index contributed by atoms with van der Waals surface area (Å²) in [6, 6.07) is 12.8. The van der Waals surface area contributed by atoms with Gasteiger partial charge in [0.1, 0.15) is 0 Å². The maximum absolute atomic E-state index is 12.7.